The summed E-state index contributed by atoms with van der Waals surface area (Å²) in [4.78, 5) is 13.8. The topological polar surface area (TPSA) is 41.6 Å². The lowest BCUT2D eigenvalue weighted by Gasteiger charge is -2.30. The lowest BCUT2D eigenvalue weighted by atomic mass is 10.1. The van der Waals surface area contributed by atoms with E-state index in [0.29, 0.717) is 31.9 Å². The Bertz CT molecular complexity index is 502. The Labute approximate surface area is 116 Å². The monoisotopic (exact) mass is 284 g/mol. The van der Waals surface area contributed by atoms with E-state index in [0.717, 1.165) is 0 Å². The summed E-state index contributed by atoms with van der Waals surface area (Å²) < 4.78 is 32.7. The number of aryl methyl sites for hydroxylation is 1. The van der Waals surface area contributed by atoms with Gasteiger partial charge in [0.05, 0.1) is 13.2 Å². The molecule has 1 aromatic carbocycles. The van der Waals surface area contributed by atoms with E-state index in [-0.39, 0.29) is 11.6 Å². The number of amides is 1. The minimum absolute atomic E-state index is 0.186. The van der Waals surface area contributed by atoms with Crippen LogP contribution in [0.25, 0.3) is 0 Å². The second-order valence-corrected chi connectivity index (χ2v) is 4.86. The van der Waals surface area contributed by atoms with Crippen LogP contribution in [0.2, 0.25) is 0 Å². The minimum atomic E-state index is -0.699. The molecule has 1 amide bonds. The highest BCUT2D eigenvalue weighted by Gasteiger charge is 2.24. The maximum Gasteiger partial charge on any atom is 0.244 e. The number of morpholine rings is 1. The quantitative estimate of drug-likeness (QED) is 0.922. The zero-order valence-electron chi connectivity index (χ0n) is 11.6. The van der Waals surface area contributed by atoms with Gasteiger partial charge in [-0.1, -0.05) is 6.07 Å². The van der Waals surface area contributed by atoms with E-state index in [1.807, 2.05) is 0 Å². The Kier molecular flexibility index (Phi) is 4.54. The molecule has 20 heavy (non-hydrogen) atoms. The second kappa shape index (κ2) is 6.17. The first-order valence-electron chi connectivity index (χ1n) is 6.58. The van der Waals surface area contributed by atoms with Gasteiger partial charge < -0.3 is 15.0 Å². The number of hydrogen-bond acceptors (Lipinski definition) is 3. The van der Waals surface area contributed by atoms with Gasteiger partial charge in [-0.2, -0.15) is 0 Å². The van der Waals surface area contributed by atoms with Crippen LogP contribution in [-0.2, 0) is 9.53 Å². The number of rotatable bonds is 3. The van der Waals surface area contributed by atoms with Gasteiger partial charge in [0.2, 0.25) is 5.91 Å². The van der Waals surface area contributed by atoms with E-state index in [1.165, 1.54) is 12.1 Å². The van der Waals surface area contributed by atoms with Crippen molar-refractivity contribution in [2.24, 2.45) is 0 Å². The lowest BCUT2D eigenvalue weighted by molar-refractivity contribution is -0.135. The van der Waals surface area contributed by atoms with Crippen molar-refractivity contribution < 1.29 is 18.3 Å². The van der Waals surface area contributed by atoms with Crippen LogP contribution in [0.1, 0.15) is 12.5 Å². The molecule has 4 nitrogen and oxygen atoms in total. The van der Waals surface area contributed by atoms with E-state index in [1.54, 1.807) is 18.7 Å². The van der Waals surface area contributed by atoms with E-state index in [9.17, 15) is 13.6 Å². The molecule has 0 bridgehead atoms. The molecular formula is C14H18F2N2O2. The van der Waals surface area contributed by atoms with Crippen LogP contribution in [-0.4, -0.2) is 43.2 Å². The summed E-state index contributed by atoms with van der Waals surface area (Å²) in [6.07, 6.45) is 0. The van der Waals surface area contributed by atoms with Crippen LogP contribution in [0.4, 0.5) is 14.5 Å². The molecule has 0 aliphatic carbocycles. The molecule has 1 saturated heterocycles. The third-order valence-electron chi connectivity index (χ3n) is 3.34. The van der Waals surface area contributed by atoms with Gasteiger partial charge in [-0.3, -0.25) is 4.79 Å². The average Bonchev–Trinajstić information content (AvgIpc) is 2.47. The fourth-order valence-electron chi connectivity index (χ4n) is 2.12. The second-order valence-electron chi connectivity index (χ2n) is 4.86. The lowest BCUT2D eigenvalue weighted by Crippen LogP contribution is -2.47. The molecule has 110 valence electrons. The van der Waals surface area contributed by atoms with Crippen molar-refractivity contribution in [3.63, 3.8) is 0 Å². The first kappa shape index (κ1) is 14.7. The van der Waals surface area contributed by atoms with Gasteiger partial charge in [0.15, 0.2) is 5.82 Å². The predicted molar refractivity (Wildman–Crippen MR) is 71.6 cm³/mol. The molecule has 0 radical (unpaired) electrons. The summed E-state index contributed by atoms with van der Waals surface area (Å²) in [6, 6.07) is 1.86. The van der Waals surface area contributed by atoms with E-state index in [2.05, 4.69) is 5.32 Å². The van der Waals surface area contributed by atoms with E-state index < -0.39 is 17.7 Å². The van der Waals surface area contributed by atoms with Crippen LogP contribution in [0.15, 0.2) is 12.1 Å². The molecule has 1 aromatic rings. The number of ether oxygens (including phenoxy) is 1. The van der Waals surface area contributed by atoms with Gasteiger partial charge >= 0.3 is 0 Å². The number of nitrogens with one attached hydrogen (secondary N) is 1. The molecule has 1 atom stereocenters. The van der Waals surface area contributed by atoms with Gasteiger partial charge in [-0.15, -0.1) is 0 Å². The van der Waals surface area contributed by atoms with Crippen LogP contribution in [0.5, 0.6) is 0 Å². The minimum Gasteiger partial charge on any atom is -0.378 e. The Hall–Kier alpha value is -1.69. The molecule has 1 unspecified atom stereocenters. The molecule has 0 saturated carbocycles. The number of benzene rings is 1. The SMILES string of the molecule is Cc1ccc(F)c(NC(C)C(=O)N2CCOCC2)c1F. The molecule has 0 aromatic heterocycles. The molecule has 2 rings (SSSR count). The Balaban J connectivity index is 2.09. The molecule has 0 spiro atoms. The number of anilines is 1. The fourth-order valence-corrected chi connectivity index (χ4v) is 2.12. The van der Waals surface area contributed by atoms with E-state index in [4.69, 9.17) is 4.74 Å². The first-order valence-corrected chi connectivity index (χ1v) is 6.58. The molecule has 6 heteroatoms. The standard InChI is InChI=1S/C14H18F2N2O2/c1-9-3-4-11(15)13(12(9)16)17-10(2)14(19)18-5-7-20-8-6-18/h3-4,10,17H,5-8H2,1-2H3. The largest absolute Gasteiger partial charge is 0.378 e. The molecule has 1 aliphatic rings. The highest BCUT2D eigenvalue weighted by Crippen LogP contribution is 2.22. The molecular weight excluding hydrogens is 266 g/mol. The van der Waals surface area contributed by atoms with Gasteiger partial charge in [-0.25, -0.2) is 8.78 Å². The summed E-state index contributed by atoms with van der Waals surface area (Å²) >= 11 is 0. The number of carbonyl (C=O) groups excluding carboxylic acids is 1. The Morgan fingerprint density at radius 2 is 2.00 bits per heavy atom. The van der Waals surface area contributed by atoms with Crippen molar-refractivity contribution in [1.29, 1.82) is 0 Å². The number of hydrogen-bond donors (Lipinski definition) is 1. The zero-order chi connectivity index (χ0) is 14.7. The van der Waals surface area contributed by atoms with Gasteiger partial charge in [0, 0.05) is 13.1 Å². The zero-order valence-corrected chi connectivity index (χ0v) is 11.6. The number of nitrogens with zero attached hydrogens (tertiary/aromatic N) is 1. The van der Waals surface area contributed by atoms with Gasteiger partial charge in [0.1, 0.15) is 17.5 Å². The molecule has 1 heterocycles. The van der Waals surface area contributed by atoms with E-state index >= 15 is 0 Å². The molecule has 1 fully saturated rings. The number of halogens is 2. The third kappa shape index (κ3) is 3.07. The summed E-state index contributed by atoms with van der Waals surface area (Å²) in [7, 11) is 0. The maximum atomic E-state index is 13.9. The highest BCUT2D eigenvalue weighted by atomic mass is 19.1. The van der Waals surface area contributed by atoms with Crippen LogP contribution in [0, 0.1) is 18.6 Å². The van der Waals surface area contributed by atoms with Crippen molar-refractivity contribution in [3.8, 4) is 0 Å². The number of carbonyl (C=O) groups is 1. The average molecular weight is 284 g/mol. The van der Waals surface area contributed by atoms with Gasteiger partial charge in [0.25, 0.3) is 0 Å². The van der Waals surface area contributed by atoms with Crippen molar-refractivity contribution >= 4 is 11.6 Å². The Morgan fingerprint density at radius 1 is 1.35 bits per heavy atom. The smallest absolute Gasteiger partial charge is 0.244 e. The third-order valence-corrected chi connectivity index (χ3v) is 3.34. The summed E-state index contributed by atoms with van der Waals surface area (Å²) in [5.41, 5.74) is 0.0824. The predicted octanol–water partition coefficient (Wildman–Crippen LogP) is 1.93. The molecule has 1 N–H and O–H groups in total. The van der Waals surface area contributed by atoms with Crippen LogP contribution < -0.4 is 5.32 Å². The van der Waals surface area contributed by atoms with Crippen molar-refractivity contribution in [1.82, 2.24) is 4.90 Å². The Morgan fingerprint density at radius 3 is 2.65 bits per heavy atom. The normalized spacial score (nSPS) is 16.9. The van der Waals surface area contributed by atoms with Crippen molar-refractivity contribution in [2.45, 2.75) is 19.9 Å². The summed E-state index contributed by atoms with van der Waals surface area (Å²) in [6.45, 7) is 5.14. The first-order chi connectivity index (χ1) is 9.50. The van der Waals surface area contributed by atoms with Crippen molar-refractivity contribution in [2.75, 3.05) is 31.6 Å². The van der Waals surface area contributed by atoms with Crippen LogP contribution in [0.3, 0.4) is 0 Å². The van der Waals surface area contributed by atoms with Crippen molar-refractivity contribution in [3.05, 3.63) is 29.3 Å². The fraction of sp³-hybridized carbons (Fsp3) is 0.500. The summed E-state index contributed by atoms with van der Waals surface area (Å²) in [5.74, 6) is -1.55. The molecule has 1 aliphatic heterocycles. The highest BCUT2D eigenvalue weighted by molar-refractivity contribution is 5.84. The van der Waals surface area contributed by atoms with Crippen LogP contribution >= 0.6 is 0 Å². The van der Waals surface area contributed by atoms with Gasteiger partial charge in [-0.05, 0) is 25.5 Å². The maximum absolute atomic E-state index is 13.9. The summed E-state index contributed by atoms with van der Waals surface area (Å²) in [5, 5.41) is 2.63.